The molecular formula is C9H10O4S2Zn+2. The summed E-state index contributed by atoms with van der Waals surface area (Å²) in [6.07, 6.45) is 0. The van der Waals surface area contributed by atoms with Crippen molar-refractivity contribution in [3.05, 3.63) is 23.8 Å². The van der Waals surface area contributed by atoms with E-state index in [0.29, 0.717) is 5.56 Å². The molecule has 0 N–H and O–H groups in total. The normalized spacial score (nSPS) is 10.7. The van der Waals surface area contributed by atoms with Crippen LogP contribution in [0.4, 0.5) is 0 Å². The molecule has 0 fully saturated rings. The number of benzene rings is 1. The molecule has 16 heavy (non-hydrogen) atoms. The number of carbonyl (C=O) groups is 1. The Balaban J connectivity index is 0.00000225. The first-order valence-corrected chi connectivity index (χ1v) is 5.88. The van der Waals surface area contributed by atoms with Gasteiger partial charge in [0.2, 0.25) is 0 Å². The molecule has 0 aliphatic carbocycles. The van der Waals surface area contributed by atoms with Crippen molar-refractivity contribution in [2.45, 2.75) is 16.7 Å². The molecule has 0 spiro atoms. The van der Waals surface area contributed by atoms with Gasteiger partial charge in [-0.15, -0.1) is 12.6 Å². The molecule has 4 nitrogen and oxygen atoms in total. The van der Waals surface area contributed by atoms with Gasteiger partial charge in [0.1, 0.15) is 4.90 Å². The van der Waals surface area contributed by atoms with Gasteiger partial charge in [-0.05, 0) is 19.1 Å². The van der Waals surface area contributed by atoms with Crippen molar-refractivity contribution >= 4 is 28.5 Å². The standard InChI is InChI=1S/C9H10O4S2.Zn/c1-6(10)7-3-4-8(14)9(5-7)15(11,12)13-2;/h3-5,14H,1-2H3;/q;+2. The topological polar surface area (TPSA) is 60.4 Å². The van der Waals surface area contributed by atoms with Gasteiger partial charge in [-0.1, -0.05) is 6.07 Å². The van der Waals surface area contributed by atoms with E-state index in [9.17, 15) is 13.2 Å². The van der Waals surface area contributed by atoms with E-state index in [4.69, 9.17) is 0 Å². The molecule has 0 radical (unpaired) electrons. The van der Waals surface area contributed by atoms with E-state index in [-0.39, 0.29) is 35.1 Å². The monoisotopic (exact) mass is 310 g/mol. The molecule has 0 unspecified atom stereocenters. The Hall–Kier alpha value is -0.227. The fraction of sp³-hybridized carbons (Fsp3) is 0.222. The number of ketones is 1. The molecule has 0 aliphatic rings. The summed E-state index contributed by atoms with van der Waals surface area (Å²) in [6.45, 7) is 1.36. The van der Waals surface area contributed by atoms with E-state index in [1.54, 1.807) is 0 Å². The fourth-order valence-electron chi connectivity index (χ4n) is 1.02. The van der Waals surface area contributed by atoms with Gasteiger partial charge in [-0.2, -0.15) is 8.42 Å². The van der Waals surface area contributed by atoms with Crippen LogP contribution in [0.25, 0.3) is 0 Å². The largest absolute Gasteiger partial charge is 2.00 e. The number of hydrogen-bond donors (Lipinski definition) is 1. The number of Topliss-reactive ketones (excluding diaryl/α,β-unsaturated/α-hetero) is 1. The minimum atomic E-state index is -3.81. The predicted octanol–water partition coefficient (Wildman–Crippen LogP) is 1.51. The smallest absolute Gasteiger partial charge is 0.295 e. The van der Waals surface area contributed by atoms with E-state index in [1.165, 1.54) is 25.1 Å². The Kier molecular flexibility index (Phi) is 5.83. The summed E-state index contributed by atoms with van der Waals surface area (Å²) >= 11 is 3.99. The van der Waals surface area contributed by atoms with E-state index >= 15 is 0 Å². The summed E-state index contributed by atoms with van der Waals surface area (Å²) in [7, 11) is -2.75. The van der Waals surface area contributed by atoms with Crippen LogP contribution in [0.1, 0.15) is 17.3 Å². The van der Waals surface area contributed by atoms with Crippen LogP contribution in [0.15, 0.2) is 28.0 Å². The second-order valence-corrected chi connectivity index (χ2v) is 5.02. The molecule has 0 aliphatic heterocycles. The average Bonchev–Trinajstić information content (AvgIpc) is 2.17. The zero-order valence-electron chi connectivity index (χ0n) is 8.93. The molecular weight excluding hydrogens is 302 g/mol. The third-order valence-electron chi connectivity index (χ3n) is 1.86. The van der Waals surface area contributed by atoms with Crippen LogP contribution in [-0.2, 0) is 33.8 Å². The molecule has 7 heteroatoms. The van der Waals surface area contributed by atoms with E-state index in [2.05, 4.69) is 16.8 Å². The molecule has 0 atom stereocenters. The summed E-state index contributed by atoms with van der Waals surface area (Å²) < 4.78 is 27.2. The number of rotatable bonds is 3. The number of thiol groups is 1. The van der Waals surface area contributed by atoms with E-state index < -0.39 is 10.1 Å². The van der Waals surface area contributed by atoms with Crippen LogP contribution in [-0.4, -0.2) is 21.3 Å². The van der Waals surface area contributed by atoms with Crippen LogP contribution in [0.2, 0.25) is 0 Å². The minimum Gasteiger partial charge on any atom is -0.295 e. The molecule has 0 amide bonds. The van der Waals surface area contributed by atoms with Gasteiger partial charge in [0.15, 0.2) is 5.78 Å². The Morgan fingerprint density at radius 2 is 1.94 bits per heavy atom. The second-order valence-electron chi connectivity index (χ2n) is 2.86. The molecule has 1 aromatic rings. The van der Waals surface area contributed by atoms with Gasteiger partial charge in [-0.25, -0.2) is 0 Å². The summed E-state index contributed by atoms with van der Waals surface area (Å²) in [6, 6.07) is 4.22. The van der Waals surface area contributed by atoms with Gasteiger partial charge < -0.3 is 0 Å². The van der Waals surface area contributed by atoms with Crippen molar-refractivity contribution in [2.24, 2.45) is 0 Å². The van der Waals surface area contributed by atoms with Crippen LogP contribution in [0.5, 0.6) is 0 Å². The van der Waals surface area contributed by atoms with Crippen molar-refractivity contribution in [2.75, 3.05) is 7.11 Å². The first kappa shape index (κ1) is 15.8. The zero-order chi connectivity index (χ0) is 11.6. The third kappa shape index (κ3) is 3.38. The second kappa shape index (κ2) is 5.91. The molecule has 0 bridgehead atoms. The Morgan fingerprint density at radius 3 is 2.38 bits per heavy atom. The van der Waals surface area contributed by atoms with Crippen LogP contribution in [0.3, 0.4) is 0 Å². The maximum atomic E-state index is 11.4. The van der Waals surface area contributed by atoms with Crippen molar-refractivity contribution < 1.29 is 36.9 Å². The minimum absolute atomic E-state index is 0. The quantitative estimate of drug-likeness (QED) is 0.398. The van der Waals surface area contributed by atoms with Gasteiger partial charge in [0.05, 0.1) is 7.11 Å². The number of hydrogen-bond acceptors (Lipinski definition) is 5. The molecule has 0 heterocycles. The molecule has 1 rings (SSSR count). The van der Waals surface area contributed by atoms with Crippen molar-refractivity contribution in [3.8, 4) is 0 Å². The van der Waals surface area contributed by atoms with E-state index in [1.807, 2.05) is 0 Å². The average molecular weight is 312 g/mol. The Morgan fingerprint density at radius 1 is 1.38 bits per heavy atom. The SMILES string of the molecule is COS(=O)(=O)c1cc(C(C)=O)ccc1S.[Zn+2]. The van der Waals surface area contributed by atoms with Crippen LogP contribution >= 0.6 is 12.6 Å². The van der Waals surface area contributed by atoms with E-state index in [0.717, 1.165) is 7.11 Å². The summed E-state index contributed by atoms with van der Waals surface area (Å²) in [5.41, 5.74) is 0.309. The molecule has 82 valence electrons. The summed E-state index contributed by atoms with van der Waals surface area (Å²) in [5, 5.41) is 0. The predicted molar refractivity (Wildman–Crippen MR) is 57.9 cm³/mol. The van der Waals surface area contributed by atoms with Gasteiger partial charge in [0.25, 0.3) is 10.1 Å². The molecule has 0 saturated carbocycles. The summed E-state index contributed by atoms with van der Waals surface area (Å²) in [5.74, 6) is -0.212. The van der Waals surface area contributed by atoms with Gasteiger partial charge in [0, 0.05) is 10.5 Å². The Labute approximate surface area is 113 Å². The first-order chi connectivity index (χ1) is 6.88. The Bertz CT molecular complexity index is 496. The van der Waals surface area contributed by atoms with Gasteiger partial charge in [-0.3, -0.25) is 8.98 Å². The summed E-state index contributed by atoms with van der Waals surface area (Å²) in [4.78, 5) is 11.2. The first-order valence-electron chi connectivity index (χ1n) is 4.03. The molecule has 1 aromatic carbocycles. The fourth-order valence-corrected chi connectivity index (χ4v) is 2.27. The van der Waals surface area contributed by atoms with Crippen LogP contribution in [0, 0.1) is 0 Å². The third-order valence-corrected chi connectivity index (χ3v) is 3.71. The van der Waals surface area contributed by atoms with Crippen molar-refractivity contribution in [3.63, 3.8) is 0 Å². The van der Waals surface area contributed by atoms with Crippen LogP contribution < -0.4 is 0 Å². The number of carbonyl (C=O) groups excluding carboxylic acids is 1. The van der Waals surface area contributed by atoms with Gasteiger partial charge >= 0.3 is 19.5 Å². The van der Waals surface area contributed by atoms with Crippen molar-refractivity contribution in [1.29, 1.82) is 0 Å². The zero-order valence-corrected chi connectivity index (χ0v) is 13.6. The molecule has 0 saturated heterocycles. The van der Waals surface area contributed by atoms with Crippen molar-refractivity contribution in [1.82, 2.24) is 0 Å². The maximum Gasteiger partial charge on any atom is 2.00 e. The maximum absolute atomic E-state index is 11.4. The molecule has 0 aromatic heterocycles.